The Morgan fingerprint density at radius 1 is 1.37 bits per heavy atom. The summed E-state index contributed by atoms with van der Waals surface area (Å²) < 4.78 is 5.13. The van der Waals surface area contributed by atoms with Crippen LogP contribution in [0.4, 0.5) is 0 Å². The minimum atomic E-state index is 0.286. The highest BCUT2D eigenvalue weighted by molar-refractivity contribution is 7.80. The number of carbonyl (C=O) groups is 1. The number of thiol groups is 1. The number of amides is 1. The third kappa shape index (κ3) is 3.90. The Balaban J connectivity index is 1.75. The van der Waals surface area contributed by atoms with Gasteiger partial charge in [-0.05, 0) is 42.2 Å². The van der Waals surface area contributed by atoms with Gasteiger partial charge in [0.05, 0.1) is 7.11 Å². The molecule has 104 valence electrons. The summed E-state index contributed by atoms with van der Waals surface area (Å²) in [6.45, 7) is 1.74. The van der Waals surface area contributed by atoms with Crippen LogP contribution in [0.2, 0.25) is 0 Å². The molecular formula is C15H21NO2S. The van der Waals surface area contributed by atoms with Crippen LogP contribution in [0, 0.1) is 5.92 Å². The molecule has 1 aliphatic heterocycles. The Labute approximate surface area is 120 Å². The fourth-order valence-corrected chi connectivity index (χ4v) is 2.70. The highest BCUT2D eigenvalue weighted by atomic mass is 32.1. The van der Waals surface area contributed by atoms with Gasteiger partial charge in [-0.2, -0.15) is 12.6 Å². The van der Waals surface area contributed by atoms with Crippen LogP contribution in [-0.4, -0.2) is 36.8 Å². The monoisotopic (exact) mass is 279 g/mol. The molecule has 0 N–H and O–H groups in total. The molecule has 1 aromatic rings. The van der Waals surface area contributed by atoms with Crippen molar-refractivity contribution in [3.8, 4) is 5.75 Å². The molecule has 1 unspecified atom stereocenters. The summed E-state index contributed by atoms with van der Waals surface area (Å²) in [5, 5.41) is 0. The number of carbonyl (C=O) groups excluding carboxylic acids is 1. The van der Waals surface area contributed by atoms with E-state index in [1.54, 1.807) is 7.11 Å². The van der Waals surface area contributed by atoms with E-state index in [1.165, 1.54) is 5.56 Å². The number of nitrogens with zero attached hydrogens (tertiary/aromatic N) is 1. The Morgan fingerprint density at radius 3 is 2.68 bits per heavy atom. The van der Waals surface area contributed by atoms with Gasteiger partial charge < -0.3 is 9.64 Å². The van der Waals surface area contributed by atoms with Gasteiger partial charge in [0.1, 0.15) is 5.75 Å². The molecule has 2 rings (SSSR count). The zero-order valence-electron chi connectivity index (χ0n) is 11.3. The smallest absolute Gasteiger partial charge is 0.222 e. The second-order valence-electron chi connectivity index (χ2n) is 5.04. The molecule has 1 saturated heterocycles. The van der Waals surface area contributed by atoms with Crippen LogP contribution < -0.4 is 4.74 Å². The van der Waals surface area contributed by atoms with Crippen LogP contribution in [0.3, 0.4) is 0 Å². The Bertz CT molecular complexity index is 419. The average Bonchev–Trinajstić information content (AvgIpc) is 2.80. The SMILES string of the molecule is COc1ccc(CCCN2CC(CS)CC2=O)cc1. The van der Waals surface area contributed by atoms with E-state index in [0.29, 0.717) is 12.3 Å². The summed E-state index contributed by atoms with van der Waals surface area (Å²) in [5.41, 5.74) is 1.29. The van der Waals surface area contributed by atoms with Gasteiger partial charge in [0.2, 0.25) is 5.91 Å². The highest BCUT2D eigenvalue weighted by Gasteiger charge is 2.27. The second-order valence-corrected chi connectivity index (χ2v) is 5.41. The van der Waals surface area contributed by atoms with Crippen molar-refractivity contribution < 1.29 is 9.53 Å². The van der Waals surface area contributed by atoms with E-state index in [9.17, 15) is 4.79 Å². The molecule has 1 aliphatic rings. The average molecular weight is 279 g/mol. The lowest BCUT2D eigenvalue weighted by molar-refractivity contribution is -0.127. The quantitative estimate of drug-likeness (QED) is 0.810. The lowest BCUT2D eigenvalue weighted by atomic mass is 10.1. The van der Waals surface area contributed by atoms with Crippen LogP contribution in [0.25, 0.3) is 0 Å². The number of benzene rings is 1. The minimum Gasteiger partial charge on any atom is -0.497 e. The van der Waals surface area contributed by atoms with Crippen molar-refractivity contribution in [3.05, 3.63) is 29.8 Å². The van der Waals surface area contributed by atoms with Crippen molar-refractivity contribution in [3.63, 3.8) is 0 Å². The molecule has 0 radical (unpaired) electrons. The third-order valence-electron chi connectivity index (χ3n) is 3.61. The topological polar surface area (TPSA) is 29.5 Å². The van der Waals surface area contributed by atoms with Crippen molar-refractivity contribution in [2.45, 2.75) is 19.3 Å². The lowest BCUT2D eigenvalue weighted by Gasteiger charge is -2.16. The number of hydrogen-bond donors (Lipinski definition) is 1. The van der Waals surface area contributed by atoms with E-state index in [2.05, 4.69) is 24.8 Å². The molecule has 0 aliphatic carbocycles. The fourth-order valence-electron chi connectivity index (χ4n) is 2.46. The molecule has 1 heterocycles. The first-order chi connectivity index (χ1) is 9.22. The molecule has 1 amide bonds. The summed E-state index contributed by atoms with van der Waals surface area (Å²) >= 11 is 4.27. The van der Waals surface area contributed by atoms with E-state index in [-0.39, 0.29) is 5.91 Å². The van der Waals surface area contributed by atoms with E-state index < -0.39 is 0 Å². The first-order valence-electron chi connectivity index (χ1n) is 6.74. The zero-order chi connectivity index (χ0) is 13.7. The van der Waals surface area contributed by atoms with Crippen LogP contribution in [0.5, 0.6) is 5.75 Å². The van der Waals surface area contributed by atoms with Crippen molar-refractivity contribution in [1.82, 2.24) is 4.90 Å². The molecule has 0 spiro atoms. The first kappa shape index (κ1) is 14.3. The van der Waals surface area contributed by atoms with Crippen LogP contribution >= 0.6 is 12.6 Å². The van der Waals surface area contributed by atoms with Crippen molar-refractivity contribution >= 4 is 18.5 Å². The standard InChI is InChI=1S/C15H21NO2S/c1-18-14-6-4-12(5-7-14)3-2-8-16-10-13(11-19)9-15(16)17/h4-7,13,19H,2-3,8-11H2,1H3. The van der Waals surface area contributed by atoms with Crippen molar-refractivity contribution in [1.29, 1.82) is 0 Å². The number of ether oxygens (including phenoxy) is 1. The fraction of sp³-hybridized carbons (Fsp3) is 0.533. The van der Waals surface area contributed by atoms with E-state index in [4.69, 9.17) is 4.74 Å². The van der Waals surface area contributed by atoms with Gasteiger partial charge in [-0.15, -0.1) is 0 Å². The predicted molar refractivity (Wildman–Crippen MR) is 79.9 cm³/mol. The minimum absolute atomic E-state index is 0.286. The van der Waals surface area contributed by atoms with E-state index >= 15 is 0 Å². The normalized spacial score (nSPS) is 18.9. The predicted octanol–water partition coefficient (Wildman–Crippen LogP) is 2.41. The van der Waals surface area contributed by atoms with Crippen LogP contribution in [-0.2, 0) is 11.2 Å². The van der Waals surface area contributed by atoms with Gasteiger partial charge >= 0.3 is 0 Å². The summed E-state index contributed by atoms with van der Waals surface area (Å²) in [6.07, 6.45) is 2.68. The molecule has 1 atom stereocenters. The molecule has 0 bridgehead atoms. The van der Waals surface area contributed by atoms with Gasteiger partial charge in [0, 0.05) is 19.5 Å². The third-order valence-corrected chi connectivity index (χ3v) is 4.12. The molecule has 19 heavy (non-hydrogen) atoms. The lowest BCUT2D eigenvalue weighted by Crippen LogP contribution is -2.26. The number of hydrogen-bond acceptors (Lipinski definition) is 3. The van der Waals surface area contributed by atoms with Gasteiger partial charge in [-0.1, -0.05) is 12.1 Å². The number of aryl methyl sites for hydroxylation is 1. The number of methoxy groups -OCH3 is 1. The first-order valence-corrected chi connectivity index (χ1v) is 7.37. The maximum Gasteiger partial charge on any atom is 0.222 e. The van der Waals surface area contributed by atoms with E-state index in [1.807, 2.05) is 17.0 Å². The van der Waals surface area contributed by atoms with Gasteiger partial charge in [0.25, 0.3) is 0 Å². The zero-order valence-corrected chi connectivity index (χ0v) is 12.2. The number of likely N-dealkylation sites (tertiary alicyclic amines) is 1. The summed E-state index contributed by atoms with van der Waals surface area (Å²) in [7, 11) is 1.67. The van der Waals surface area contributed by atoms with E-state index in [0.717, 1.165) is 37.4 Å². The largest absolute Gasteiger partial charge is 0.497 e. The maximum absolute atomic E-state index is 11.7. The Morgan fingerprint density at radius 2 is 2.11 bits per heavy atom. The van der Waals surface area contributed by atoms with Gasteiger partial charge in [0.15, 0.2) is 0 Å². The summed E-state index contributed by atoms with van der Waals surface area (Å²) in [6, 6.07) is 8.13. The molecule has 3 nitrogen and oxygen atoms in total. The second kappa shape index (κ2) is 6.85. The Hall–Kier alpha value is -1.16. The summed E-state index contributed by atoms with van der Waals surface area (Å²) in [5.74, 6) is 2.42. The van der Waals surface area contributed by atoms with Crippen LogP contribution in [0.1, 0.15) is 18.4 Å². The maximum atomic E-state index is 11.7. The van der Waals surface area contributed by atoms with Crippen molar-refractivity contribution in [2.75, 3.05) is 26.0 Å². The molecule has 1 fully saturated rings. The van der Waals surface area contributed by atoms with Crippen molar-refractivity contribution in [2.24, 2.45) is 5.92 Å². The summed E-state index contributed by atoms with van der Waals surface area (Å²) in [4.78, 5) is 13.7. The molecule has 0 saturated carbocycles. The number of rotatable bonds is 6. The molecular weight excluding hydrogens is 258 g/mol. The van der Waals surface area contributed by atoms with Gasteiger partial charge in [-0.25, -0.2) is 0 Å². The van der Waals surface area contributed by atoms with Crippen LogP contribution in [0.15, 0.2) is 24.3 Å². The molecule has 1 aromatic carbocycles. The Kier molecular flexibility index (Phi) is 5.14. The molecule has 4 heteroatoms. The highest BCUT2D eigenvalue weighted by Crippen LogP contribution is 2.19. The van der Waals surface area contributed by atoms with Gasteiger partial charge in [-0.3, -0.25) is 4.79 Å². The molecule has 0 aromatic heterocycles.